The quantitative estimate of drug-likeness (QED) is 0.721. The van der Waals surface area contributed by atoms with Crippen LogP contribution in [0.25, 0.3) is 5.69 Å². The third-order valence-corrected chi connectivity index (χ3v) is 7.12. The van der Waals surface area contributed by atoms with Gasteiger partial charge in [-0.2, -0.15) is 0 Å². The standard InChI is InChI=1S/C19H26N4O3S2/c1-14-4-5-15(2)17(12-14)23-11-8-20-19(23)27-13-18(24)21-16-6-9-22(10-7-16)28(3,25)26/h4-5,8,11-12,16H,6-7,9-10,13H2,1-3H3,(H,21,24). The van der Waals surface area contributed by atoms with Crippen LogP contribution in [0.15, 0.2) is 35.7 Å². The molecule has 1 aromatic heterocycles. The normalized spacial score (nSPS) is 16.2. The van der Waals surface area contributed by atoms with Crippen molar-refractivity contribution < 1.29 is 13.2 Å². The number of rotatable bonds is 6. The van der Waals surface area contributed by atoms with Gasteiger partial charge in [-0.1, -0.05) is 23.9 Å². The number of carbonyl (C=O) groups excluding carboxylic acids is 1. The molecule has 152 valence electrons. The molecule has 1 N–H and O–H groups in total. The van der Waals surface area contributed by atoms with E-state index in [1.165, 1.54) is 27.9 Å². The highest BCUT2D eigenvalue weighted by molar-refractivity contribution is 7.99. The number of sulfonamides is 1. The first-order valence-electron chi connectivity index (χ1n) is 9.22. The van der Waals surface area contributed by atoms with E-state index in [2.05, 4.69) is 42.3 Å². The van der Waals surface area contributed by atoms with E-state index in [-0.39, 0.29) is 17.7 Å². The zero-order chi connectivity index (χ0) is 20.3. The number of amides is 1. The Hall–Kier alpha value is -1.84. The number of carbonyl (C=O) groups is 1. The van der Waals surface area contributed by atoms with Crippen LogP contribution >= 0.6 is 11.8 Å². The fourth-order valence-corrected chi connectivity index (χ4v) is 4.94. The largest absolute Gasteiger partial charge is 0.353 e. The number of nitrogens with zero attached hydrogens (tertiary/aromatic N) is 3. The first-order chi connectivity index (χ1) is 13.2. The molecule has 3 rings (SSSR count). The maximum Gasteiger partial charge on any atom is 0.230 e. The molecular weight excluding hydrogens is 396 g/mol. The van der Waals surface area contributed by atoms with Gasteiger partial charge in [0.25, 0.3) is 0 Å². The molecule has 1 fully saturated rings. The minimum Gasteiger partial charge on any atom is -0.353 e. The second-order valence-corrected chi connectivity index (χ2v) is 10.1. The first-order valence-corrected chi connectivity index (χ1v) is 12.1. The van der Waals surface area contributed by atoms with Crippen LogP contribution in [0.5, 0.6) is 0 Å². The molecule has 7 nitrogen and oxygen atoms in total. The summed E-state index contributed by atoms with van der Waals surface area (Å²) in [6, 6.07) is 6.28. The SMILES string of the molecule is Cc1ccc(C)c(-n2ccnc2SCC(=O)NC2CCN(S(C)(=O)=O)CC2)c1. The van der Waals surface area contributed by atoms with Gasteiger partial charge in [-0.25, -0.2) is 17.7 Å². The molecule has 0 aliphatic carbocycles. The van der Waals surface area contributed by atoms with E-state index in [0.29, 0.717) is 25.9 Å². The number of imidazole rings is 1. The van der Waals surface area contributed by atoms with E-state index in [1.807, 2.05) is 10.8 Å². The molecule has 0 bridgehead atoms. The Morgan fingerprint density at radius 1 is 1.29 bits per heavy atom. The lowest BCUT2D eigenvalue weighted by Gasteiger charge is -2.30. The third kappa shape index (κ3) is 5.15. The number of aryl methyl sites for hydroxylation is 2. The van der Waals surface area contributed by atoms with Crippen molar-refractivity contribution in [1.29, 1.82) is 0 Å². The number of nitrogens with one attached hydrogen (secondary N) is 1. The summed E-state index contributed by atoms with van der Waals surface area (Å²) >= 11 is 1.40. The zero-order valence-electron chi connectivity index (χ0n) is 16.4. The van der Waals surface area contributed by atoms with Crippen LogP contribution in [0.3, 0.4) is 0 Å². The minimum atomic E-state index is -3.15. The summed E-state index contributed by atoms with van der Waals surface area (Å²) in [7, 11) is -3.15. The molecule has 0 unspecified atom stereocenters. The maximum absolute atomic E-state index is 12.4. The molecule has 0 saturated carbocycles. The molecule has 28 heavy (non-hydrogen) atoms. The average molecular weight is 423 g/mol. The Morgan fingerprint density at radius 3 is 2.68 bits per heavy atom. The molecule has 9 heteroatoms. The summed E-state index contributed by atoms with van der Waals surface area (Å²) in [5.74, 6) is 0.215. The Kier molecular flexibility index (Phi) is 6.47. The molecule has 0 atom stereocenters. The van der Waals surface area contributed by atoms with Crippen molar-refractivity contribution in [3.05, 3.63) is 41.7 Å². The highest BCUT2D eigenvalue weighted by Crippen LogP contribution is 2.23. The molecule has 0 radical (unpaired) electrons. The van der Waals surface area contributed by atoms with Gasteiger partial charge in [-0.15, -0.1) is 0 Å². The van der Waals surface area contributed by atoms with Crippen molar-refractivity contribution in [3.8, 4) is 5.69 Å². The van der Waals surface area contributed by atoms with Gasteiger partial charge in [0.15, 0.2) is 5.16 Å². The minimum absolute atomic E-state index is 0.0184. The maximum atomic E-state index is 12.4. The lowest BCUT2D eigenvalue weighted by atomic mass is 10.1. The summed E-state index contributed by atoms with van der Waals surface area (Å²) in [5.41, 5.74) is 3.38. The summed E-state index contributed by atoms with van der Waals surface area (Å²) in [5, 5.41) is 3.79. The van der Waals surface area contributed by atoms with Crippen molar-refractivity contribution in [2.45, 2.75) is 37.9 Å². The topological polar surface area (TPSA) is 84.3 Å². The van der Waals surface area contributed by atoms with Crippen LogP contribution in [0, 0.1) is 13.8 Å². The number of hydrogen-bond donors (Lipinski definition) is 1. The number of hydrogen-bond acceptors (Lipinski definition) is 5. The second kappa shape index (κ2) is 8.67. The van der Waals surface area contributed by atoms with Gasteiger partial charge in [0.1, 0.15) is 0 Å². The van der Waals surface area contributed by atoms with Gasteiger partial charge in [0, 0.05) is 31.5 Å². The molecule has 2 aromatic rings. The fraction of sp³-hybridized carbons (Fsp3) is 0.474. The van der Waals surface area contributed by atoms with Gasteiger partial charge in [0.05, 0.1) is 17.7 Å². The number of piperidine rings is 1. The third-order valence-electron chi connectivity index (χ3n) is 4.85. The molecular formula is C19H26N4O3S2. The first kappa shape index (κ1) is 20.9. The van der Waals surface area contributed by atoms with Gasteiger partial charge >= 0.3 is 0 Å². The molecule has 1 aliphatic heterocycles. The van der Waals surface area contributed by atoms with E-state index in [1.54, 1.807) is 6.20 Å². The Balaban J connectivity index is 1.55. The van der Waals surface area contributed by atoms with Crippen LogP contribution in [0.2, 0.25) is 0 Å². The van der Waals surface area contributed by atoms with Crippen LogP contribution in [-0.4, -0.2) is 59.3 Å². The van der Waals surface area contributed by atoms with Gasteiger partial charge in [0.2, 0.25) is 15.9 Å². The molecule has 0 spiro atoms. The summed E-state index contributed by atoms with van der Waals surface area (Å²) < 4.78 is 26.6. The summed E-state index contributed by atoms with van der Waals surface area (Å²) in [4.78, 5) is 16.7. The van der Waals surface area contributed by atoms with Crippen LogP contribution in [0.4, 0.5) is 0 Å². The lowest BCUT2D eigenvalue weighted by molar-refractivity contribution is -0.119. The van der Waals surface area contributed by atoms with Crippen molar-refractivity contribution in [2.24, 2.45) is 0 Å². The summed E-state index contributed by atoms with van der Waals surface area (Å²) in [6.07, 6.45) is 6.15. The molecule has 1 aromatic carbocycles. The van der Waals surface area contributed by atoms with Gasteiger partial charge < -0.3 is 5.32 Å². The van der Waals surface area contributed by atoms with E-state index in [0.717, 1.165) is 16.4 Å². The van der Waals surface area contributed by atoms with Crippen molar-refractivity contribution in [1.82, 2.24) is 19.2 Å². The zero-order valence-corrected chi connectivity index (χ0v) is 18.0. The molecule has 1 aliphatic rings. The smallest absolute Gasteiger partial charge is 0.230 e. The number of benzene rings is 1. The second-order valence-electron chi connectivity index (χ2n) is 7.16. The summed E-state index contributed by atoms with van der Waals surface area (Å²) in [6.45, 7) is 5.01. The van der Waals surface area contributed by atoms with Crippen LogP contribution in [0.1, 0.15) is 24.0 Å². The van der Waals surface area contributed by atoms with E-state index >= 15 is 0 Å². The molecule has 1 saturated heterocycles. The van der Waals surface area contributed by atoms with Crippen LogP contribution in [-0.2, 0) is 14.8 Å². The van der Waals surface area contributed by atoms with Gasteiger partial charge in [-0.3, -0.25) is 9.36 Å². The van der Waals surface area contributed by atoms with Crippen LogP contribution < -0.4 is 5.32 Å². The molecule has 1 amide bonds. The fourth-order valence-electron chi connectivity index (χ4n) is 3.29. The lowest BCUT2D eigenvalue weighted by Crippen LogP contribution is -2.46. The highest BCUT2D eigenvalue weighted by atomic mass is 32.2. The van der Waals surface area contributed by atoms with Crippen molar-refractivity contribution in [2.75, 3.05) is 25.1 Å². The Bertz CT molecular complexity index is 948. The average Bonchev–Trinajstić information content (AvgIpc) is 3.10. The van der Waals surface area contributed by atoms with Crippen molar-refractivity contribution >= 4 is 27.7 Å². The van der Waals surface area contributed by atoms with E-state index in [9.17, 15) is 13.2 Å². The Labute approximate surface area is 170 Å². The highest BCUT2D eigenvalue weighted by Gasteiger charge is 2.25. The molecule has 2 heterocycles. The number of thioether (sulfide) groups is 1. The van der Waals surface area contributed by atoms with E-state index < -0.39 is 10.0 Å². The predicted molar refractivity (Wildman–Crippen MR) is 111 cm³/mol. The Morgan fingerprint density at radius 2 is 2.00 bits per heavy atom. The van der Waals surface area contributed by atoms with Crippen molar-refractivity contribution in [3.63, 3.8) is 0 Å². The van der Waals surface area contributed by atoms with Gasteiger partial charge in [-0.05, 0) is 43.9 Å². The predicted octanol–water partition coefficient (Wildman–Crippen LogP) is 2.12. The number of aromatic nitrogens is 2. The monoisotopic (exact) mass is 422 g/mol. The van der Waals surface area contributed by atoms with E-state index in [4.69, 9.17) is 0 Å².